The molecule has 0 nitrogen and oxygen atoms in total. The quantitative estimate of drug-likeness (QED) is 0.548. The first kappa shape index (κ1) is 13.4. The molecular formula is C12H26S. The van der Waals surface area contributed by atoms with Gasteiger partial charge >= 0.3 is 0 Å². The molecule has 0 radical (unpaired) electrons. The van der Waals surface area contributed by atoms with Crippen LogP contribution in [0, 0.1) is 5.92 Å². The Hall–Kier alpha value is 0.350. The van der Waals surface area contributed by atoms with Gasteiger partial charge in [0.2, 0.25) is 0 Å². The third-order valence-corrected chi connectivity index (χ3v) is 4.30. The third kappa shape index (κ3) is 7.42. The summed E-state index contributed by atoms with van der Waals surface area (Å²) in [7, 11) is 0. The number of unbranched alkanes of at least 4 members (excludes halogenated alkanes) is 1. The maximum absolute atomic E-state index is 2.34. The van der Waals surface area contributed by atoms with Crippen molar-refractivity contribution in [3.8, 4) is 0 Å². The highest BCUT2D eigenvalue weighted by Gasteiger charge is 2.07. The zero-order valence-electron chi connectivity index (χ0n) is 9.81. The van der Waals surface area contributed by atoms with Crippen molar-refractivity contribution < 1.29 is 0 Å². The standard InChI is InChI=1S/C12H26S/c1-5-8-9-12(7-3)10-13-11(4)6-2/h11-12H,5-10H2,1-4H3. The van der Waals surface area contributed by atoms with Crippen molar-refractivity contribution in [1.29, 1.82) is 0 Å². The van der Waals surface area contributed by atoms with E-state index < -0.39 is 0 Å². The maximum atomic E-state index is 2.34. The molecule has 0 rings (SSSR count). The van der Waals surface area contributed by atoms with Crippen LogP contribution in [0.3, 0.4) is 0 Å². The van der Waals surface area contributed by atoms with Crippen molar-refractivity contribution in [2.75, 3.05) is 5.75 Å². The van der Waals surface area contributed by atoms with Gasteiger partial charge in [-0.2, -0.15) is 11.8 Å². The highest BCUT2D eigenvalue weighted by atomic mass is 32.2. The number of hydrogen-bond donors (Lipinski definition) is 0. The number of thioether (sulfide) groups is 1. The maximum Gasteiger partial charge on any atom is 0.00161 e. The lowest BCUT2D eigenvalue weighted by Crippen LogP contribution is -2.05. The summed E-state index contributed by atoms with van der Waals surface area (Å²) in [5.41, 5.74) is 0. The lowest BCUT2D eigenvalue weighted by atomic mass is 10.0. The van der Waals surface area contributed by atoms with Crippen LogP contribution in [0.5, 0.6) is 0 Å². The van der Waals surface area contributed by atoms with E-state index in [2.05, 4.69) is 39.5 Å². The first-order chi connectivity index (χ1) is 6.24. The molecule has 0 aromatic heterocycles. The smallest absolute Gasteiger partial charge is 0.00161 e. The molecule has 0 aliphatic heterocycles. The van der Waals surface area contributed by atoms with Crippen LogP contribution in [-0.4, -0.2) is 11.0 Å². The van der Waals surface area contributed by atoms with Gasteiger partial charge < -0.3 is 0 Å². The Morgan fingerprint density at radius 2 is 1.77 bits per heavy atom. The van der Waals surface area contributed by atoms with Crippen molar-refractivity contribution in [2.45, 2.75) is 65.0 Å². The van der Waals surface area contributed by atoms with Crippen LogP contribution in [-0.2, 0) is 0 Å². The molecule has 0 heterocycles. The van der Waals surface area contributed by atoms with E-state index in [4.69, 9.17) is 0 Å². The van der Waals surface area contributed by atoms with Gasteiger partial charge in [-0.15, -0.1) is 0 Å². The summed E-state index contributed by atoms with van der Waals surface area (Å²) in [5.74, 6) is 2.35. The van der Waals surface area contributed by atoms with Crippen LogP contribution in [0.15, 0.2) is 0 Å². The van der Waals surface area contributed by atoms with Crippen LogP contribution in [0.4, 0.5) is 0 Å². The first-order valence-electron chi connectivity index (χ1n) is 5.86. The van der Waals surface area contributed by atoms with E-state index in [9.17, 15) is 0 Å². The molecule has 0 saturated carbocycles. The van der Waals surface area contributed by atoms with Crippen molar-refractivity contribution in [2.24, 2.45) is 5.92 Å². The van der Waals surface area contributed by atoms with Gasteiger partial charge in [-0.3, -0.25) is 0 Å². The SMILES string of the molecule is CCCCC(CC)CSC(C)CC. The molecule has 0 amide bonds. The molecule has 0 spiro atoms. The van der Waals surface area contributed by atoms with E-state index in [0.717, 1.165) is 11.2 Å². The monoisotopic (exact) mass is 202 g/mol. The Kier molecular flexibility index (Phi) is 9.17. The Morgan fingerprint density at radius 3 is 2.23 bits per heavy atom. The lowest BCUT2D eigenvalue weighted by molar-refractivity contribution is 0.499. The van der Waals surface area contributed by atoms with Crippen LogP contribution in [0.25, 0.3) is 0 Å². The Balaban J connectivity index is 3.46. The fourth-order valence-electron chi connectivity index (χ4n) is 1.32. The molecule has 1 heteroatoms. The highest BCUT2D eigenvalue weighted by molar-refractivity contribution is 7.99. The molecular weight excluding hydrogens is 176 g/mol. The van der Waals surface area contributed by atoms with Gasteiger partial charge in [0, 0.05) is 5.25 Å². The average Bonchev–Trinajstić information content (AvgIpc) is 2.17. The summed E-state index contributed by atoms with van der Waals surface area (Å²) in [6.07, 6.45) is 6.89. The average molecular weight is 202 g/mol. The fourth-order valence-corrected chi connectivity index (χ4v) is 2.56. The van der Waals surface area contributed by atoms with E-state index in [-0.39, 0.29) is 0 Å². The summed E-state index contributed by atoms with van der Waals surface area (Å²) >= 11 is 2.16. The van der Waals surface area contributed by atoms with Crippen LogP contribution >= 0.6 is 11.8 Å². The molecule has 2 atom stereocenters. The van der Waals surface area contributed by atoms with E-state index in [0.29, 0.717) is 0 Å². The van der Waals surface area contributed by atoms with Crippen LogP contribution in [0.1, 0.15) is 59.8 Å². The molecule has 0 aliphatic rings. The largest absolute Gasteiger partial charge is 0.159 e. The Morgan fingerprint density at radius 1 is 1.08 bits per heavy atom. The highest BCUT2D eigenvalue weighted by Crippen LogP contribution is 2.22. The fraction of sp³-hybridized carbons (Fsp3) is 1.00. The molecule has 0 saturated heterocycles. The first-order valence-corrected chi connectivity index (χ1v) is 6.90. The number of rotatable bonds is 8. The molecule has 0 aromatic carbocycles. The molecule has 0 aromatic rings. The second kappa shape index (κ2) is 8.93. The van der Waals surface area contributed by atoms with Gasteiger partial charge in [0.05, 0.1) is 0 Å². The van der Waals surface area contributed by atoms with E-state index in [1.165, 1.54) is 37.9 Å². The molecule has 0 bridgehead atoms. The van der Waals surface area contributed by atoms with E-state index in [1.807, 2.05) is 0 Å². The minimum absolute atomic E-state index is 0.857. The van der Waals surface area contributed by atoms with Crippen molar-refractivity contribution in [3.05, 3.63) is 0 Å². The predicted molar refractivity (Wildman–Crippen MR) is 65.5 cm³/mol. The van der Waals surface area contributed by atoms with Gasteiger partial charge in [0.15, 0.2) is 0 Å². The molecule has 0 aliphatic carbocycles. The molecule has 80 valence electrons. The molecule has 0 N–H and O–H groups in total. The van der Waals surface area contributed by atoms with Gasteiger partial charge in [0.25, 0.3) is 0 Å². The van der Waals surface area contributed by atoms with Crippen LogP contribution in [0.2, 0.25) is 0 Å². The summed E-state index contributed by atoms with van der Waals surface area (Å²) in [4.78, 5) is 0. The summed E-state index contributed by atoms with van der Waals surface area (Å²) in [6.45, 7) is 9.24. The van der Waals surface area contributed by atoms with Crippen molar-refractivity contribution in [3.63, 3.8) is 0 Å². The summed E-state index contributed by atoms with van der Waals surface area (Å²) in [6, 6.07) is 0. The lowest BCUT2D eigenvalue weighted by Gasteiger charge is -2.16. The second-order valence-corrected chi connectivity index (χ2v) is 5.44. The topological polar surface area (TPSA) is 0 Å². The third-order valence-electron chi connectivity index (χ3n) is 2.73. The molecule has 2 unspecified atom stereocenters. The van der Waals surface area contributed by atoms with E-state index in [1.54, 1.807) is 0 Å². The minimum Gasteiger partial charge on any atom is -0.159 e. The van der Waals surface area contributed by atoms with Crippen molar-refractivity contribution >= 4 is 11.8 Å². The summed E-state index contributed by atoms with van der Waals surface area (Å²) < 4.78 is 0. The van der Waals surface area contributed by atoms with Gasteiger partial charge in [-0.1, -0.05) is 47.0 Å². The second-order valence-electron chi connectivity index (χ2n) is 3.97. The Bertz CT molecular complexity index is 101. The molecule has 0 fully saturated rings. The van der Waals surface area contributed by atoms with Gasteiger partial charge in [-0.05, 0) is 24.5 Å². The molecule has 13 heavy (non-hydrogen) atoms. The van der Waals surface area contributed by atoms with Gasteiger partial charge in [0.1, 0.15) is 0 Å². The van der Waals surface area contributed by atoms with Crippen LogP contribution < -0.4 is 0 Å². The number of hydrogen-bond acceptors (Lipinski definition) is 1. The predicted octanol–water partition coefficient (Wildman–Crippen LogP) is 4.73. The Labute approximate surface area is 88.9 Å². The van der Waals surface area contributed by atoms with Gasteiger partial charge in [-0.25, -0.2) is 0 Å². The zero-order chi connectivity index (χ0) is 10.1. The van der Waals surface area contributed by atoms with E-state index >= 15 is 0 Å². The minimum atomic E-state index is 0.857. The van der Waals surface area contributed by atoms with Crippen molar-refractivity contribution in [1.82, 2.24) is 0 Å². The zero-order valence-corrected chi connectivity index (χ0v) is 10.6. The summed E-state index contributed by atoms with van der Waals surface area (Å²) in [5, 5.41) is 0.857. The normalized spacial score (nSPS) is 15.7.